The summed E-state index contributed by atoms with van der Waals surface area (Å²) in [6.07, 6.45) is 0. The number of para-hydroxylation sites is 1. The van der Waals surface area contributed by atoms with Crippen molar-refractivity contribution in [1.82, 2.24) is 5.32 Å². The molecule has 3 heteroatoms. The number of hydrogen-bond donors (Lipinski definition) is 2. The number of anilines is 1. The molecular formula is C11H16N3. The van der Waals surface area contributed by atoms with Crippen LogP contribution in [0.2, 0.25) is 0 Å². The second-order valence-electron chi connectivity index (χ2n) is 3.44. The van der Waals surface area contributed by atoms with Gasteiger partial charge in [0.05, 0.1) is 0 Å². The summed E-state index contributed by atoms with van der Waals surface area (Å²) in [4.78, 5) is 2.35. The van der Waals surface area contributed by atoms with Gasteiger partial charge in [0.1, 0.15) is 0 Å². The van der Waals surface area contributed by atoms with E-state index in [2.05, 4.69) is 35.0 Å². The fourth-order valence-corrected chi connectivity index (χ4v) is 1.78. The summed E-state index contributed by atoms with van der Waals surface area (Å²) in [5, 5.41) is 3.22. The second-order valence-corrected chi connectivity index (χ2v) is 3.44. The third kappa shape index (κ3) is 1.89. The summed E-state index contributed by atoms with van der Waals surface area (Å²) in [7, 11) is 0. The highest BCUT2D eigenvalue weighted by Crippen LogP contribution is 2.20. The van der Waals surface area contributed by atoms with E-state index in [-0.39, 0.29) is 0 Å². The van der Waals surface area contributed by atoms with E-state index in [0.29, 0.717) is 6.54 Å². The third-order valence-electron chi connectivity index (χ3n) is 2.53. The number of hydrogen-bond acceptors (Lipinski definition) is 3. The van der Waals surface area contributed by atoms with Gasteiger partial charge in [-0.15, -0.1) is 0 Å². The van der Waals surface area contributed by atoms with E-state index in [0.717, 1.165) is 19.6 Å². The molecule has 0 amide bonds. The molecule has 3 N–H and O–H groups in total. The Kier molecular flexibility index (Phi) is 3.01. The summed E-state index contributed by atoms with van der Waals surface area (Å²) in [5.41, 5.74) is 8.20. The van der Waals surface area contributed by atoms with Crippen molar-refractivity contribution in [2.24, 2.45) is 5.73 Å². The maximum atomic E-state index is 5.70. The van der Waals surface area contributed by atoms with Crippen LogP contribution >= 0.6 is 0 Å². The van der Waals surface area contributed by atoms with Gasteiger partial charge in [0.25, 0.3) is 0 Å². The Bertz CT molecular complexity index is 292. The molecular weight excluding hydrogens is 174 g/mol. The molecule has 75 valence electrons. The smallest absolute Gasteiger partial charge is 0.0416 e. The summed E-state index contributed by atoms with van der Waals surface area (Å²) in [5.74, 6) is 0. The number of rotatable bonds is 2. The number of nitrogens with zero attached hydrogens (tertiary/aromatic N) is 1. The molecule has 1 radical (unpaired) electrons. The Morgan fingerprint density at radius 2 is 2.21 bits per heavy atom. The molecule has 2 rings (SSSR count). The predicted molar refractivity (Wildman–Crippen MR) is 58.8 cm³/mol. The Morgan fingerprint density at radius 1 is 1.36 bits per heavy atom. The second kappa shape index (κ2) is 4.44. The van der Waals surface area contributed by atoms with Gasteiger partial charge < -0.3 is 16.0 Å². The van der Waals surface area contributed by atoms with Gasteiger partial charge in [0.15, 0.2) is 0 Å². The van der Waals surface area contributed by atoms with Crippen molar-refractivity contribution < 1.29 is 0 Å². The van der Waals surface area contributed by atoms with Crippen LogP contribution in [-0.4, -0.2) is 19.6 Å². The summed E-state index contributed by atoms with van der Waals surface area (Å²) in [6, 6.07) is 8.34. The SMILES string of the molecule is NCc1ccccc1N1C[CH]NCC1. The topological polar surface area (TPSA) is 41.3 Å². The molecule has 1 aliphatic rings. The molecule has 1 heterocycles. The fourth-order valence-electron chi connectivity index (χ4n) is 1.78. The van der Waals surface area contributed by atoms with Crippen LogP contribution in [0.3, 0.4) is 0 Å². The van der Waals surface area contributed by atoms with Gasteiger partial charge in [0, 0.05) is 38.4 Å². The lowest BCUT2D eigenvalue weighted by Crippen LogP contribution is -2.40. The lowest BCUT2D eigenvalue weighted by molar-refractivity contribution is 0.651. The molecule has 0 unspecified atom stereocenters. The van der Waals surface area contributed by atoms with E-state index in [1.807, 2.05) is 6.07 Å². The average molecular weight is 190 g/mol. The lowest BCUT2D eigenvalue weighted by Gasteiger charge is -2.30. The minimum atomic E-state index is 0.611. The molecule has 3 nitrogen and oxygen atoms in total. The molecule has 1 saturated heterocycles. The van der Waals surface area contributed by atoms with Gasteiger partial charge in [-0.1, -0.05) is 18.2 Å². The highest BCUT2D eigenvalue weighted by atomic mass is 15.2. The van der Waals surface area contributed by atoms with Crippen LogP contribution in [0.1, 0.15) is 5.56 Å². The maximum absolute atomic E-state index is 5.70. The lowest BCUT2D eigenvalue weighted by atomic mass is 10.1. The van der Waals surface area contributed by atoms with E-state index in [1.165, 1.54) is 11.3 Å². The first-order valence-corrected chi connectivity index (χ1v) is 5.00. The van der Waals surface area contributed by atoms with E-state index < -0.39 is 0 Å². The Morgan fingerprint density at radius 3 is 2.93 bits per heavy atom. The summed E-state index contributed by atoms with van der Waals surface area (Å²) >= 11 is 0. The molecule has 1 aromatic carbocycles. The largest absolute Gasteiger partial charge is 0.368 e. The highest BCUT2D eigenvalue weighted by molar-refractivity contribution is 5.54. The van der Waals surface area contributed by atoms with Crippen molar-refractivity contribution in [2.45, 2.75) is 6.54 Å². The third-order valence-corrected chi connectivity index (χ3v) is 2.53. The van der Waals surface area contributed by atoms with Crippen molar-refractivity contribution in [3.05, 3.63) is 36.4 Å². The van der Waals surface area contributed by atoms with Gasteiger partial charge >= 0.3 is 0 Å². The highest BCUT2D eigenvalue weighted by Gasteiger charge is 2.12. The molecule has 0 spiro atoms. The molecule has 14 heavy (non-hydrogen) atoms. The van der Waals surface area contributed by atoms with Crippen molar-refractivity contribution in [3.8, 4) is 0 Å². The van der Waals surface area contributed by atoms with Crippen molar-refractivity contribution >= 4 is 5.69 Å². The Hall–Kier alpha value is -1.06. The molecule has 0 aromatic heterocycles. The molecule has 1 aliphatic heterocycles. The Balaban J connectivity index is 2.20. The zero-order chi connectivity index (χ0) is 9.80. The van der Waals surface area contributed by atoms with Crippen molar-refractivity contribution in [3.63, 3.8) is 0 Å². The van der Waals surface area contributed by atoms with Crippen LogP contribution in [0.4, 0.5) is 5.69 Å². The zero-order valence-corrected chi connectivity index (χ0v) is 8.24. The van der Waals surface area contributed by atoms with Crippen LogP contribution in [0.15, 0.2) is 24.3 Å². The first kappa shape index (κ1) is 9.49. The summed E-state index contributed by atoms with van der Waals surface area (Å²) < 4.78 is 0. The molecule has 1 fully saturated rings. The van der Waals surface area contributed by atoms with E-state index >= 15 is 0 Å². The van der Waals surface area contributed by atoms with Gasteiger partial charge in [-0.2, -0.15) is 0 Å². The molecule has 1 aromatic rings. The first-order valence-electron chi connectivity index (χ1n) is 5.00. The first-order chi connectivity index (χ1) is 6.92. The van der Waals surface area contributed by atoms with E-state index in [1.54, 1.807) is 0 Å². The number of nitrogens with two attached hydrogens (primary N) is 1. The fraction of sp³-hybridized carbons (Fsp3) is 0.364. The zero-order valence-electron chi connectivity index (χ0n) is 8.24. The molecule has 0 bridgehead atoms. The standard InChI is InChI=1S/C11H16N3/c12-9-10-3-1-2-4-11(10)14-7-5-13-6-8-14/h1-5,13H,6-9,12H2. The van der Waals surface area contributed by atoms with Gasteiger partial charge in [-0.05, 0) is 11.6 Å². The molecule has 0 aliphatic carbocycles. The quantitative estimate of drug-likeness (QED) is 0.722. The van der Waals surface area contributed by atoms with Crippen LogP contribution < -0.4 is 16.0 Å². The number of piperazine rings is 1. The van der Waals surface area contributed by atoms with Crippen LogP contribution in [0, 0.1) is 6.54 Å². The van der Waals surface area contributed by atoms with Crippen molar-refractivity contribution in [2.75, 3.05) is 24.5 Å². The maximum Gasteiger partial charge on any atom is 0.0416 e. The normalized spacial score (nSPS) is 17.1. The van der Waals surface area contributed by atoms with Gasteiger partial charge in [0.2, 0.25) is 0 Å². The van der Waals surface area contributed by atoms with Crippen LogP contribution in [0.25, 0.3) is 0 Å². The minimum absolute atomic E-state index is 0.611. The van der Waals surface area contributed by atoms with Crippen LogP contribution in [0.5, 0.6) is 0 Å². The predicted octanol–water partition coefficient (Wildman–Crippen LogP) is 0.717. The van der Waals surface area contributed by atoms with E-state index in [4.69, 9.17) is 5.73 Å². The minimum Gasteiger partial charge on any atom is -0.368 e. The average Bonchev–Trinajstić information content (AvgIpc) is 2.30. The van der Waals surface area contributed by atoms with Gasteiger partial charge in [-0.25, -0.2) is 0 Å². The van der Waals surface area contributed by atoms with Crippen molar-refractivity contribution in [1.29, 1.82) is 0 Å². The van der Waals surface area contributed by atoms with Crippen LogP contribution in [-0.2, 0) is 6.54 Å². The van der Waals surface area contributed by atoms with E-state index in [9.17, 15) is 0 Å². The Labute approximate surface area is 84.9 Å². The summed E-state index contributed by atoms with van der Waals surface area (Å²) in [6.45, 7) is 5.72. The van der Waals surface area contributed by atoms with Gasteiger partial charge in [-0.3, -0.25) is 0 Å². The molecule has 0 atom stereocenters. The molecule has 0 saturated carbocycles. The number of benzene rings is 1. The number of nitrogens with one attached hydrogen (secondary N) is 1. The monoisotopic (exact) mass is 190 g/mol.